The van der Waals surface area contributed by atoms with Crippen molar-refractivity contribution in [3.8, 4) is 0 Å². The molecule has 1 aliphatic rings. The highest BCUT2D eigenvalue weighted by atomic mass is 35.5. The third kappa shape index (κ3) is 5.01. The molecule has 1 aromatic rings. The molecule has 148 valence electrons. The maximum absolute atomic E-state index is 12.8. The van der Waals surface area contributed by atoms with Crippen molar-refractivity contribution >= 4 is 39.9 Å². The minimum absolute atomic E-state index is 0. The van der Waals surface area contributed by atoms with Gasteiger partial charge >= 0.3 is 6.18 Å². The van der Waals surface area contributed by atoms with Crippen LogP contribution in [0.2, 0.25) is 5.02 Å². The van der Waals surface area contributed by atoms with Crippen LogP contribution < -0.4 is 5.73 Å². The number of hydrogen-bond acceptors (Lipinski definition) is 4. The molecular weight excluding hydrogens is 418 g/mol. The summed E-state index contributed by atoms with van der Waals surface area (Å²) < 4.78 is 64.8. The van der Waals surface area contributed by atoms with Gasteiger partial charge < -0.3 is 10.6 Å². The van der Waals surface area contributed by atoms with Gasteiger partial charge in [0, 0.05) is 39.1 Å². The Morgan fingerprint density at radius 3 is 2.27 bits per heavy atom. The van der Waals surface area contributed by atoms with Gasteiger partial charge in [-0.3, -0.25) is 4.79 Å². The van der Waals surface area contributed by atoms with E-state index in [0.29, 0.717) is 6.07 Å². The van der Waals surface area contributed by atoms with Crippen molar-refractivity contribution in [2.45, 2.75) is 17.5 Å². The molecule has 1 heterocycles. The van der Waals surface area contributed by atoms with Crippen molar-refractivity contribution in [2.75, 3.05) is 32.7 Å². The van der Waals surface area contributed by atoms with Crippen LogP contribution in [-0.4, -0.2) is 56.3 Å². The molecule has 1 amide bonds. The fraction of sp³-hybridized carbons (Fsp3) is 0.500. The van der Waals surface area contributed by atoms with E-state index in [4.69, 9.17) is 17.3 Å². The zero-order valence-electron chi connectivity index (χ0n) is 13.5. The Morgan fingerprint density at radius 1 is 1.19 bits per heavy atom. The topological polar surface area (TPSA) is 83.7 Å². The molecule has 1 aliphatic heterocycles. The fourth-order valence-electron chi connectivity index (χ4n) is 2.48. The molecule has 0 radical (unpaired) electrons. The Labute approximate surface area is 160 Å². The van der Waals surface area contributed by atoms with E-state index in [-0.39, 0.29) is 62.5 Å². The van der Waals surface area contributed by atoms with Gasteiger partial charge in [0.1, 0.15) is 4.90 Å². The molecular formula is C14H18Cl2F3N3O3S. The largest absolute Gasteiger partial charge is 0.416 e. The molecule has 26 heavy (non-hydrogen) atoms. The molecule has 1 fully saturated rings. The van der Waals surface area contributed by atoms with Crippen LogP contribution in [0.3, 0.4) is 0 Å². The average molecular weight is 436 g/mol. The Balaban J connectivity index is 0.00000338. The first kappa shape index (κ1) is 23.0. The van der Waals surface area contributed by atoms with E-state index in [1.165, 1.54) is 4.90 Å². The maximum Gasteiger partial charge on any atom is 0.416 e. The Hall–Kier alpha value is -1.07. The van der Waals surface area contributed by atoms with Crippen LogP contribution in [0.1, 0.15) is 12.0 Å². The SMILES string of the molecule is Cl.NCCC(=O)N1CCN(S(=O)(=O)c2cc(C(F)(F)F)ccc2Cl)CC1. The van der Waals surface area contributed by atoms with E-state index < -0.39 is 26.7 Å². The monoisotopic (exact) mass is 435 g/mol. The molecule has 0 aromatic heterocycles. The standard InChI is InChI=1S/C14H17ClF3N3O3S.ClH/c15-11-2-1-10(14(16,17)18)9-12(11)25(23,24)21-7-5-20(6-8-21)13(22)3-4-19;/h1-2,9H,3-8,19H2;1H. The zero-order chi connectivity index (χ0) is 18.8. The lowest BCUT2D eigenvalue weighted by Gasteiger charge is -2.34. The molecule has 1 aromatic carbocycles. The number of halogens is 5. The lowest BCUT2D eigenvalue weighted by atomic mass is 10.2. The van der Waals surface area contributed by atoms with Gasteiger partial charge in [-0.2, -0.15) is 17.5 Å². The molecule has 12 heteroatoms. The van der Waals surface area contributed by atoms with Gasteiger partial charge in [0.05, 0.1) is 10.6 Å². The number of nitrogens with two attached hydrogens (primary N) is 1. The molecule has 0 unspecified atom stereocenters. The van der Waals surface area contributed by atoms with Crippen molar-refractivity contribution in [2.24, 2.45) is 5.73 Å². The Bertz CT molecular complexity index is 752. The van der Waals surface area contributed by atoms with Crippen LogP contribution in [0.5, 0.6) is 0 Å². The normalized spacial score (nSPS) is 16.3. The van der Waals surface area contributed by atoms with Crippen molar-refractivity contribution in [3.63, 3.8) is 0 Å². The van der Waals surface area contributed by atoms with E-state index in [1.54, 1.807) is 0 Å². The maximum atomic E-state index is 12.8. The summed E-state index contributed by atoms with van der Waals surface area (Å²) in [5, 5.41) is -0.283. The number of sulfonamides is 1. The third-order valence-corrected chi connectivity index (χ3v) is 6.21. The summed E-state index contributed by atoms with van der Waals surface area (Å²) in [5.41, 5.74) is 4.22. The van der Waals surface area contributed by atoms with Gasteiger partial charge in [-0.15, -0.1) is 12.4 Å². The lowest BCUT2D eigenvalue weighted by Crippen LogP contribution is -2.50. The summed E-state index contributed by atoms with van der Waals surface area (Å²) in [7, 11) is -4.20. The molecule has 0 bridgehead atoms. The number of alkyl halides is 3. The molecule has 0 atom stereocenters. The molecule has 1 saturated heterocycles. The summed E-state index contributed by atoms with van der Waals surface area (Å²) in [6.45, 7) is 0.441. The molecule has 0 saturated carbocycles. The van der Waals surface area contributed by atoms with Gasteiger partial charge in [-0.25, -0.2) is 8.42 Å². The van der Waals surface area contributed by atoms with E-state index >= 15 is 0 Å². The van der Waals surface area contributed by atoms with Gasteiger partial charge in [0.25, 0.3) is 0 Å². The number of nitrogens with zero attached hydrogens (tertiary/aromatic N) is 2. The number of amides is 1. The number of carbonyl (C=O) groups is 1. The van der Waals surface area contributed by atoms with Crippen molar-refractivity contribution in [1.29, 1.82) is 0 Å². The summed E-state index contributed by atoms with van der Waals surface area (Å²) in [4.78, 5) is 12.7. The quantitative estimate of drug-likeness (QED) is 0.783. The van der Waals surface area contributed by atoms with Crippen LogP contribution in [0.4, 0.5) is 13.2 Å². The molecule has 0 aliphatic carbocycles. The highest BCUT2D eigenvalue weighted by Gasteiger charge is 2.35. The molecule has 2 N–H and O–H groups in total. The summed E-state index contributed by atoms with van der Waals surface area (Å²) in [5.74, 6) is -0.184. The second kappa shape index (κ2) is 8.75. The second-order valence-electron chi connectivity index (χ2n) is 5.47. The minimum Gasteiger partial charge on any atom is -0.340 e. The predicted octanol–water partition coefficient (Wildman–Crippen LogP) is 1.96. The predicted molar refractivity (Wildman–Crippen MR) is 92.7 cm³/mol. The van der Waals surface area contributed by atoms with Gasteiger partial charge in [0.2, 0.25) is 15.9 Å². The van der Waals surface area contributed by atoms with Crippen molar-refractivity contribution in [1.82, 2.24) is 9.21 Å². The van der Waals surface area contributed by atoms with E-state index in [9.17, 15) is 26.4 Å². The Kier molecular flexibility index (Phi) is 7.73. The molecule has 2 rings (SSSR count). The fourth-order valence-corrected chi connectivity index (χ4v) is 4.40. The number of piperazine rings is 1. The summed E-state index contributed by atoms with van der Waals surface area (Å²) >= 11 is 5.82. The highest BCUT2D eigenvalue weighted by molar-refractivity contribution is 7.89. The van der Waals surface area contributed by atoms with Gasteiger partial charge in [0.15, 0.2) is 0 Å². The van der Waals surface area contributed by atoms with Crippen LogP contribution in [0.15, 0.2) is 23.1 Å². The van der Waals surface area contributed by atoms with E-state index in [2.05, 4.69) is 0 Å². The first-order valence-corrected chi connectivity index (χ1v) is 9.24. The van der Waals surface area contributed by atoms with Crippen LogP contribution in [0, 0.1) is 0 Å². The summed E-state index contributed by atoms with van der Waals surface area (Å²) in [6, 6.07) is 2.17. The van der Waals surface area contributed by atoms with Gasteiger partial charge in [-0.1, -0.05) is 11.6 Å². The summed E-state index contributed by atoms with van der Waals surface area (Å²) in [6.07, 6.45) is -4.52. The number of carbonyl (C=O) groups excluding carboxylic acids is 1. The zero-order valence-corrected chi connectivity index (χ0v) is 15.9. The number of hydrogen-bond donors (Lipinski definition) is 1. The lowest BCUT2D eigenvalue weighted by molar-refractivity contribution is -0.137. The number of rotatable bonds is 4. The molecule has 6 nitrogen and oxygen atoms in total. The second-order valence-corrected chi connectivity index (χ2v) is 7.78. The smallest absolute Gasteiger partial charge is 0.340 e. The van der Waals surface area contributed by atoms with Crippen molar-refractivity contribution in [3.05, 3.63) is 28.8 Å². The first-order valence-electron chi connectivity index (χ1n) is 7.42. The minimum atomic E-state index is -4.68. The average Bonchev–Trinajstić information content (AvgIpc) is 2.54. The van der Waals surface area contributed by atoms with E-state index in [1.807, 2.05) is 0 Å². The molecule has 0 spiro atoms. The highest BCUT2D eigenvalue weighted by Crippen LogP contribution is 2.34. The third-order valence-electron chi connectivity index (χ3n) is 3.83. The van der Waals surface area contributed by atoms with Crippen LogP contribution in [-0.2, 0) is 21.0 Å². The number of benzene rings is 1. The Morgan fingerprint density at radius 2 is 1.77 bits per heavy atom. The van der Waals surface area contributed by atoms with E-state index in [0.717, 1.165) is 16.4 Å². The van der Waals surface area contributed by atoms with Crippen molar-refractivity contribution < 1.29 is 26.4 Å². The van der Waals surface area contributed by atoms with Crippen LogP contribution >= 0.6 is 24.0 Å². The van der Waals surface area contributed by atoms with Crippen LogP contribution in [0.25, 0.3) is 0 Å². The first-order chi connectivity index (χ1) is 11.6. The van der Waals surface area contributed by atoms with Gasteiger partial charge in [-0.05, 0) is 18.2 Å².